The minimum Gasteiger partial charge on any atom is -0.497 e. The fourth-order valence-electron chi connectivity index (χ4n) is 3.13. The Balaban J connectivity index is 1.41. The molecule has 0 saturated heterocycles. The molecule has 0 unspecified atom stereocenters. The zero-order valence-corrected chi connectivity index (χ0v) is 17.9. The van der Waals surface area contributed by atoms with E-state index in [1.807, 2.05) is 24.3 Å². The molecule has 8 heteroatoms. The van der Waals surface area contributed by atoms with Gasteiger partial charge in [0.1, 0.15) is 22.9 Å². The number of hydrogen-bond donors (Lipinski definition) is 1. The van der Waals surface area contributed by atoms with Gasteiger partial charge in [0, 0.05) is 17.2 Å². The van der Waals surface area contributed by atoms with Crippen LogP contribution in [-0.2, 0) is 0 Å². The van der Waals surface area contributed by atoms with Crippen LogP contribution in [0.5, 0.6) is 17.2 Å². The molecule has 32 heavy (non-hydrogen) atoms. The average molecular weight is 432 g/mol. The Morgan fingerprint density at radius 2 is 1.75 bits per heavy atom. The summed E-state index contributed by atoms with van der Waals surface area (Å²) in [7, 11) is 3.14. The SMILES string of the molecule is COc1cc(C=NNC(=O)c2cncc(-c3ccc(OC4CCC4)cc3)n2)cc(OC)c1. The van der Waals surface area contributed by atoms with Gasteiger partial charge in [-0.05, 0) is 55.7 Å². The van der Waals surface area contributed by atoms with Gasteiger partial charge in [-0.1, -0.05) is 0 Å². The highest BCUT2D eigenvalue weighted by Crippen LogP contribution is 2.27. The van der Waals surface area contributed by atoms with Crippen LogP contribution in [0.2, 0.25) is 0 Å². The van der Waals surface area contributed by atoms with Gasteiger partial charge >= 0.3 is 0 Å². The van der Waals surface area contributed by atoms with Gasteiger partial charge in [0.25, 0.3) is 5.91 Å². The van der Waals surface area contributed by atoms with Crippen LogP contribution >= 0.6 is 0 Å². The van der Waals surface area contributed by atoms with E-state index in [1.54, 1.807) is 38.6 Å². The van der Waals surface area contributed by atoms with E-state index in [0.29, 0.717) is 28.9 Å². The maximum absolute atomic E-state index is 12.5. The zero-order chi connectivity index (χ0) is 22.3. The minimum absolute atomic E-state index is 0.165. The number of aromatic nitrogens is 2. The number of nitrogens with zero attached hydrogens (tertiary/aromatic N) is 3. The van der Waals surface area contributed by atoms with Gasteiger partial charge in [0.2, 0.25) is 0 Å². The van der Waals surface area contributed by atoms with Crippen LogP contribution in [-0.4, -0.2) is 42.4 Å². The average Bonchev–Trinajstić information content (AvgIpc) is 2.81. The van der Waals surface area contributed by atoms with Crippen LogP contribution in [0, 0.1) is 0 Å². The summed E-state index contributed by atoms with van der Waals surface area (Å²) < 4.78 is 16.3. The van der Waals surface area contributed by atoms with Crippen LogP contribution in [0.4, 0.5) is 0 Å². The Bertz CT molecular complexity index is 1090. The highest BCUT2D eigenvalue weighted by molar-refractivity contribution is 5.93. The van der Waals surface area contributed by atoms with Gasteiger partial charge < -0.3 is 14.2 Å². The van der Waals surface area contributed by atoms with Crippen molar-refractivity contribution >= 4 is 12.1 Å². The van der Waals surface area contributed by atoms with Gasteiger partial charge in [-0.15, -0.1) is 0 Å². The van der Waals surface area contributed by atoms with Gasteiger partial charge in [-0.2, -0.15) is 5.10 Å². The van der Waals surface area contributed by atoms with Crippen LogP contribution in [0.3, 0.4) is 0 Å². The normalized spacial score (nSPS) is 13.4. The van der Waals surface area contributed by atoms with Gasteiger partial charge in [-0.25, -0.2) is 10.4 Å². The summed E-state index contributed by atoms with van der Waals surface area (Å²) in [6.45, 7) is 0. The number of nitrogens with one attached hydrogen (secondary N) is 1. The summed E-state index contributed by atoms with van der Waals surface area (Å²) in [6, 6.07) is 12.9. The summed E-state index contributed by atoms with van der Waals surface area (Å²) in [5, 5.41) is 4.00. The number of rotatable bonds is 8. The van der Waals surface area contributed by atoms with Crippen molar-refractivity contribution in [2.75, 3.05) is 14.2 Å². The molecule has 8 nitrogen and oxygen atoms in total. The predicted octanol–water partition coefficient (Wildman–Crippen LogP) is 3.86. The van der Waals surface area contributed by atoms with Gasteiger partial charge in [-0.3, -0.25) is 9.78 Å². The maximum atomic E-state index is 12.5. The molecule has 1 aliphatic rings. The molecule has 1 N–H and O–H groups in total. The molecule has 1 aromatic heterocycles. The standard InChI is InChI=1S/C24H24N4O4/c1-30-20-10-16(11-21(12-20)31-2)13-26-28-24(29)23-15-25-14-22(27-23)17-6-8-19(9-7-17)32-18-4-3-5-18/h6-15,18H,3-5H2,1-2H3,(H,28,29). The van der Waals surface area contributed by atoms with E-state index in [-0.39, 0.29) is 5.69 Å². The lowest BCUT2D eigenvalue weighted by Gasteiger charge is -2.26. The zero-order valence-electron chi connectivity index (χ0n) is 17.9. The first-order valence-electron chi connectivity index (χ1n) is 10.3. The number of benzene rings is 2. The molecule has 1 fully saturated rings. The lowest BCUT2D eigenvalue weighted by Crippen LogP contribution is -2.24. The molecule has 2 aromatic carbocycles. The van der Waals surface area contributed by atoms with E-state index in [1.165, 1.54) is 18.8 Å². The number of methoxy groups -OCH3 is 2. The van der Waals surface area contributed by atoms with Crippen molar-refractivity contribution in [1.82, 2.24) is 15.4 Å². The fourth-order valence-corrected chi connectivity index (χ4v) is 3.13. The summed E-state index contributed by atoms with van der Waals surface area (Å²) in [6.07, 6.45) is 8.29. The molecule has 1 aliphatic carbocycles. The summed E-state index contributed by atoms with van der Waals surface area (Å²) in [5.41, 5.74) is 4.79. The van der Waals surface area contributed by atoms with E-state index in [4.69, 9.17) is 14.2 Å². The number of hydrazone groups is 1. The van der Waals surface area contributed by atoms with Gasteiger partial charge in [0.15, 0.2) is 0 Å². The third-order valence-electron chi connectivity index (χ3n) is 5.13. The molecule has 0 radical (unpaired) electrons. The Hall–Kier alpha value is -3.94. The molecule has 0 atom stereocenters. The topological polar surface area (TPSA) is 94.9 Å². The van der Waals surface area contributed by atoms with E-state index in [0.717, 1.165) is 24.2 Å². The van der Waals surface area contributed by atoms with Gasteiger partial charge in [0.05, 0.1) is 44.6 Å². The van der Waals surface area contributed by atoms with Crippen LogP contribution < -0.4 is 19.6 Å². The molecule has 1 amide bonds. The first kappa shape index (κ1) is 21.3. The summed E-state index contributed by atoms with van der Waals surface area (Å²) >= 11 is 0. The van der Waals surface area contributed by atoms with Crippen molar-refractivity contribution in [3.63, 3.8) is 0 Å². The second kappa shape index (κ2) is 9.91. The number of amides is 1. The number of carbonyl (C=O) groups is 1. The number of carbonyl (C=O) groups excluding carboxylic acids is 1. The molecular formula is C24H24N4O4. The molecule has 3 aromatic rings. The van der Waals surface area contributed by atoms with E-state index < -0.39 is 5.91 Å². The van der Waals surface area contributed by atoms with Crippen molar-refractivity contribution in [2.24, 2.45) is 5.10 Å². The molecule has 0 aliphatic heterocycles. The number of ether oxygens (including phenoxy) is 3. The third kappa shape index (κ3) is 5.21. The molecule has 4 rings (SSSR count). The fraction of sp³-hybridized carbons (Fsp3) is 0.250. The quantitative estimate of drug-likeness (QED) is 0.429. The second-order valence-corrected chi connectivity index (χ2v) is 7.33. The second-order valence-electron chi connectivity index (χ2n) is 7.33. The van der Waals surface area contributed by atoms with Crippen LogP contribution in [0.15, 0.2) is 60.0 Å². The van der Waals surface area contributed by atoms with Crippen molar-refractivity contribution in [1.29, 1.82) is 0 Å². The largest absolute Gasteiger partial charge is 0.497 e. The Kier molecular flexibility index (Phi) is 6.60. The van der Waals surface area contributed by atoms with E-state index >= 15 is 0 Å². The molecule has 1 heterocycles. The molecule has 0 bridgehead atoms. The van der Waals surface area contributed by atoms with E-state index in [9.17, 15) is 4.79 Å². The number of hydrogen-bond acceptors (Lipinski definition) is 7. The van der Waals surface area contributed by atoms with Crippen molar-refractivity contribution in [3.8, 4) is 28.5 Å². The summed E-state index contributed by atoms with van der Waals surface area (Å²) in [5.74, 6) is 1.62. The van der Waals surface area contributed by atoms with Crippen molar-refractivity contribution < 1.29 is 19.0 Å². The van der Waals surface area contributed by atoms with E-state index in [2.05, 4.69) is 20.5 Å². The maximum Gasteiger partial charge on any atom is 0.291 e. The first-order valence-corrected chi connectivity index (χ1v) is 10.3. The monoisotopic (exact) mass is 432 g/mol. The minimum atomic E-state index is -0.463. The Labute approximate surface area is 186 Å². The van der Waals surface area contributed by atoms with Crippen molar-refractivity contribution in [3.05, 3.63) is 66.1 Å². The van der Waals surface area contributed by atoms with Crippen LogP contribution in [0.25, 0.3) is 11.3 Å². The Morgan fingerprint density at radius 1 is 1.03 bits per heavy atom. The molecule has 1 saturated carbocycles. The Morgan fingerprint density at radius 3 is 2.38 bits per heavy atom. The third-order valence-corrected chi connectivity index (χ3v) is 5.13. The highest BCUT2D eigenvalue weighted by Gasteiger charge is 2.19. The highest BCUT2D eigenvalue weighted by atomic mass is 16.5. The summed E-state index contributed by atoms with van der Waals surface area (Å²) in [4.78, 5) is 21.0. The molecule has 164 valence electrons. The predicted molar refractivity (Wildman–Crippen MR) is 120 cm³/mol. The van der Waals surface area contributed by atoms with Crippen molar-refractivity contribution in [2.45, 2.75) is 25.4 Å². The molecular weight excluding hydrogens is 408 g/mol. The first-order chi connectivity index (χ1) is 15.6. The smallest absolute Gasteiger partial charge is 0.291 e. The lowest BCUT2D eigenvalue weighted by atomic mass is 9.96. The lowest BCUT2D eigenvalue weighted by molar-refractivity contribution is 0.0950. The molecule has 0 spiro atoms. The van der Waals surface area contributed by atoms with Crippen LogP contribution in [0.1, 0.15) is 35.3 Å².